The molecule has 3 aromatic rings. The molecule has 1 atom stereocenters. The molecular formula is C20H18FN3O2S. The molecule has 4 rings (SSSR count). The number of carbonyl (C=O) groups is 1. The molecule has 1 heterocycles. The molecule has 7 heteroatoms. The fraction of sp³-hybridized carbons (Fsp3) is 0.250. The Kier molecular flexibility index (Phi) is 4.70. The van der Waals surface area contributed by atoms with Crippen molar-refractivity contribution in [2.24, 2.45) is 7.05 Å². The summed E-state index contributed by atoms with van der Waals surface area (Å²) in [6, 6.07) is 13.2. The van der Waals surface area contributed by atoms with E-state index in [2.05, 4.69) is 10.3 Å². The summed E-state index contributed by atoms with van der Waals surface area (Å²) in [6.07, 6.45) is 1.94. The number of hydrogen-bond acceptors (Lipinski definition) is 4. The Hall–Kier alpha value is -2.67. The van der Waals surface area contributed by atoms with Crippen molar-refractivity contribution in [3.8, 4) is 0 Å². The number of nitrogens with one attached hydrogen (secondary N) is 1. The number of rotatable bonds is 5. The monoisotopic (exact) mass is 383 g/mol. The van der Waals surface area contributed by atoms with Crippen LogP contribution in [0.5, 0.6) is 0 Å². The molecule has 0 spiro atoms. The van der Waals surface area contributed by atoms with E-state index in [9.17, 15) is 14.0 Å². The molecule has 1 aliphatic rings. The van der Waals surface area contributed by atoms with E-state index in [0.717, 1.165) is 12.8 Å². The van der Waals surface area contributed by atoms with E-state index in [1.54, 1.807) is 37.4 Å². The molecular weight excluding hydrogens is 365 g/mol. The molecule has 5 nitrogen and oxygen atoms in total. The Balaban J connectivity index is 1.73. The third-order valence-electron chi connectivity index (χ3n) is 4.50. The van der Waals surface area contributed by atoms with Crippen LogP contribution in [0.3, 0.4) is 0 Å². The summed E-state index contributed by atoms with van der Waals surface area (Å²) in [6.45, 7) is 0. The van der Waals surface area contributed by atoms with Gasteiger partial charge in [-0.2, -0.15) is 0 Å². The largest absolute Gasteiger partial charge is 0.352 e. The van der Waals surface area contributed by atoms with Crippen LogP contribution in [-0.4, -0.2) is 21.5 Å². The van der Waals surface area contributed by atoms with Crippen molar-refractivity contribution in [3.63, 3.8) is 0 Å². The average molecular weight is 383 g/mol. The first kappa shape index (κ1) is 17.7. The number of para-hydroxylation sites is 1. The summed E-state index contributed by atoms with van der Waals surface area (Å²) in [5.74, 6) is -0.516. The van der Waals surface area contributed by atoms with E-state index < -0.39 is 5.25 Å². The number of nitrogens with zero attached hydrogens (tertiary/aromatic N) is 2. The Morgan fingerprint density at radius 1 is 1.22 bits per heavy atom. The van der Waals surface area contributed by atoms with Crippen LogP contribution in [0, 0.1) is 5.82 Å². The van der Waals surface area contributed by atoms with Gasteiger partial charge in [-0.1, -0.05) is 36.0 Å². The first-order valence-electron chi connectivity index (χ1n) is 8.71. The fourth-order valence-electron chi connectivity index (χ4n) is 2.82. The molecule has 1 aromatic heterocycles. The zero-order valence-corrected chi connectivity index (χ0v) is 15.5. The van der Waals surface area contributed by atoms with Crippen LogP contribution in [0.25, 0.3) is 10.9 Å². The topological polar surface area (TPSA) is 64.0 Å². The summed E-state index contributed by atoms with van der Waals surface area (Å²) in [4.78, 5) is 30.0. The van der Waals surface area contributed by atoms with E-state index >= 15 is 0 Å². The van der Waals surface area contributed by atoms with Crippen LogP contribution in [-0.2, 0) is 11.8 Å². The molecule has 0 saturated heterocycles. The summed E-state index contributed by atoms with van der Waals surface area (Å²) >= 11 is 1.20. The first-order valence-corrected chi connectivity index (χ1v) is 9.59. The normalized spacial score (nSPS) is 14.9. The average Bonchev–Trinajstić information content (AvgIpc) is 3.48. The Morgan fingerprint density at radius 3 is 2.63 bits per heavy atom. The molecule has 1 amide bonds. The molecule has 138 valence electrons. The molecule has 27 heavy (non-hydrogen) atoms. The van der Waals surface area contributed by atoms with Crippen molar-refractivity contribution >= 4 is 28.6 Å². The van der Waals surface area contributed by atoms with Gasteiger partial charge in [-0.25, -0.2) is 9.37 Å². The zero-order valence-electron chi connectivity index (χ0n) is 14.7. The van der Waals surface area contributed by atoms with Gasteiger partial charge in [0.05, 0.1) is 10.9 Å². The van der Waals surface area contributed by atoms with Gasteiger partial charge in [0.15, 0.2) is 5.16 Å². The maximum absolute atomic E-state index is 13.3. The highest BCUT2D eigenvalue weighted by molar-refractivity contribution is 8.00. The van der Waals surface area contributed by atoms with Crippen molar-refractivity contribution in [2.45, 2.75) is 29.3 Å². The minimum absolute atomic E-state index is 0.156. The van der Waals surface area contributed by atoms with E-state index in [1.807, 2.05) is 6.07 Å². The minimum atomic E-state index is -0.620. The van der Waals surface area contributed by atoms with E-state index in [0.29, 0.717) is 21.6 Å². The van der Waals surface area contributed by atoms with Crippen LogP contribution >= 0.6 is 11.8 Å². The lowest BCUT2D eigenvalue weighted by atomic mass is 10.1. The number of amides is 1. The predicted molar refractivity (Wildman–Crippen MR) is 103 cm³/mol. The minimum Gasteiger partial charge on any atom is -0.352 e. The highest BCUT2D eigenvalue weighted by atomic mass is 32.2. The van der Waals surface area contributed by atoms with Crippen molar-refractivity contribution in [3.05, 3.63) is 70.3 Å². The first-order chi connectivity index (χ1) is 13.0. The Labute approximate surface area is 159 Å². The molecule has 1 N–H and O–H groups in total. The lowest BCUT2D eigenvalue weighted by molar-refractivity contribution is -0.120. The van der Waals surface area contributed by atoms with Crippen molar-refractivity contribution in [2.75, 3.05) is 0 Å². The van der Waals surface area contributed by atoms with Gasteiger partial charge in [0.2, 0.25) is 5.91 Å². The summed E-state index contributed by atoms with van der Waals surface area (Å²) < 4.78 is 14.8. The van der Waals surface area contributed by atoms with Crippen LogP contribution in [0.2, 0.25) is 0 Å². The van der Waals surface area contributed by atoms with Gasteiger partial charge in [0.25, 0.3) is 5.56 Å². The molecule has 1 unspecified atom stereocenters. The number of fused-ring (bicyclic) bond motifs is 1. The summed E-state index contributed by atoms with van der Waals surface area (Å²) in [5, 5.41) is 3.35. The highest BCUT2D eigenvalue weighted by Crippen LogP contribution is 2.35. The fourth-order valence-corrected chi connectivity index (χ4v) is 3.89. The molecule has 1 aliphatic carbocycles. The number of carbonyl (C=O) groups excluding carboxylic acids is 1. The lowest BCUT2D eigenvalue weighted by Crippen LogP contribution is -2.30. The van der Waals surface area contributed by atoms with Crippen LogP contribution in [0.15, 0.2) is 58.5 Å². The third-order valence-corrected chi connectivity index (χ3v) is 5.80. The molecule has 2 aromatic carbocycles. The standard InChI is InChI=1S/C20H18FN3O2S/c1-24-19(26)15-4-2-3-5-16(15)23-20(24)27-17(18(25)22-14-10-11-14)12-6-8-13(21)9-7-12/h2-9,14,17H,10-11H2,1H3,(H,22,25). The maximum atomic E-state index is 13.3. The number of aromatic nitrogens is 2. The van der Waals surface area contributed by atoms with E-state index in [-0.39, 0.29) is 23.3 Å². The smallest absolute Gasteiger partial charge is 0.261 e. The van der Waals surface area contributed by atoms with Gasteiger partial charge in [0.1, 0.15) is 11.1 Å². The van der Waals surface area contributed by atoms with Gasteiger partial charge in [0, 0.05) is 13.1 Å². The van der Waals surface area contributed by atoms with Gasteiger partial charge in [-0.05, 0) is 42.7 Å². The third kappa shape index (κ3) is 3.73. The maximum Gasteiger partial charge on any atom is 0.261 e. The SMILES string of the molecule is Cn1c(SC(C(=O)NC2CC2)c2ccc(F)cc2)nc2ccccc2c1=O. The number of hydrogen-bond donors (Lipinski definition) is 1. The second kappa shape index (κ2) is 7.15. The number of halogens is 1. The second-order valence-electron chi connectivity index (χ2n) is 6.61. The second-order valence-corrected chi connectivity index (χ2v) is 7.68. The van der Waals surface area contributed by atoms with Gasteiger partial charge in [-0.15, -0.1) is 0 Å². The molecule has 0 radical (unpaired) electrons. The van der Waals surface area contributed by atoms with Gasteiger partial charge in [-0.3, -0.25) is 14.2 Å². The van der Waals surface area contributed by atoms with Crippen molar-refractivity contribution in [1.29, 1.82) is 0 Å². The van der Waals surface area contributed by atoms with Crippen LogP contribution in [0.4, 0.5) is 4.39 Å². The van der Waals surface area contributed by atoms with E-state index in [1.165, 1.54) is 28.5 Å². The predicted octanol–water partition coefficient (Wildman–Crippen LogP) is 3.18. The van der Waals surface area contributed by atoms with Gasteiger partial charge < -0.3 is 5.32 Å². The van der Waals surface area contributed by atoms with Crippen molar-refractivity contribution in [1.82, 2.24) is 14.9 Å². The Morgan fingerprint density at radius 2 is 1.93 bits per heavy atom. The van der Waals surface area contributed by atoms with E-state index in [4.69, 9.17) is 0 Å². The zero-order chi connectivity index (χ0) is 19.0. The van der Waals surface area contributed by atoms with Crippen LogP contribution in [0.1, 0.15) is 23.7 Å². The quantitative estimate of drug-likeness (QED) is 0.543. The molecule has 1 saturated carbocycles. The van der Waals surface area contributed by atoms with Crippen molar-refractivity contribution < 1.29 is 9.18 Å². The number of thioether (sulfide) groups is 1. The van der Waals surface area contributed by atoms with Gasteiger partial charge >= 0.3 is 0 Å². The molecule has 0 aliphatic heterocycles. The highest BCUT2D eigenvalue weighted by Gasteiger charge is 2.30. The van der Waals surface area contributed by atoms with Crippen LogP contribution < -0.4 is 10.9 Å². The number of benzene rings is 2. The lowest BCUT2D eigenvalue weighted by Gasteiger charge is -2.18. The Bertz CT molecular complexity index is 1060. The summed E-state index contributed by atoms with van der Waals surface area (Å²) in [5.41, 5.74) is 1.09. The molecule has 1 fully saturated rings. The summed E-state index contributed by atoms with van der Waals surface area (Å²) in [7, 11) is 1.64. The molecule has 0 bridgehead atoms.